The van der Waals surface area contributed by atoms with Crippen LogP contribution in [0.25, 0.3) is 0 Å². The molecule has 0 fully saturated rings. The van der Waals surface area contributed by atoms with Crippen LogP contribution in [0, 0.1) is 6.92 Å². The number of amides is 1. The number of carbonyl (C=O) groups excluding carboxylic acids is 1. The van der Waals surface area contributed by atoms with Gasteiger partial charge in [-0.2, -0.15) is 0 Å². The highest BCUT2D eigenvalue weighted by Crippen LogP contribution is 2.30. The summed E-state index contributed by atoms with van der Waals surface area (Å²) in [7, 11) is 0. The molecule has 1 aromatic heterocycles. The number of hydrogen-bond acceptors (Lipinski definition) is 5. The van der Waals surface area contributed by atoms with E-state index in [1.165, 1.54) is 16.9 Å². The van der Waals surface area contributed by atoms with Gasteiger partial charge in [0.15, 0.2) is 0 Å². The van der Waals surface area contributed by atoms with E-state index in [1.54, 1.807) is 0 Å². The fourth-order valence-corrected chi connectivity index (χ4v) is 3.80. The Balaban J connectivity index is 1.83. The van der Waals surface area contributed by atoms with Gasteiger partial charge in [-0.05, 0) is 41.7 Å². The molecule has 1 unspecified atom stereocenters. The monoisotopic (exact) mass is 414 g/mol. The Hall–Kier alpha value is -2.28. The summed E-state index contributed by atoms with van der Waals surface area (Å²) in [6, 6.07) is 15.9. The Kier molecular flexibility index (Phi) is 6.78. The summed E-state index contributed by atoms with van der Waals surface area (Å²) in [5, 5.41) is 16.1. The van der Waals surface area contributed by atoms with Gasteiger partial charge in [0.05, 0.1) is 12.6 Å². The lowest BCUT2D eigenvalue weighted by Gasteiger charge is -2.24. The summed E-state index contributed by atoms with van der Waals surface area (Å²) in [4.78, 5) is 12.4. The van der Waals surface area contributed by atoms with Gasteiger partial charge in [0.2, 0.25) is 11.0 Å². The molecule has 2 N–H and O–H groups in total. The summed E-state index contributed by atoms with van der Waals surface area (Å²) in [6.45, 7) is 6.34. The minimum absolute atomic E-state index is 0.127. The molecule has 1 amide bonds. The highest BCUT2D eigenvalue weighted by molar-refractivity contribution is 7.15. The number of hydrogen-bond donors (Lipinski definition) is 2. The normalized spacial score (nSPS) is 12.2. The van der Waals surface area contributed by atoms with Crippen molar-refractivity contribution in [2.24, 2.45) is 0 Å². The average Bonchev–Trinajstić information content (AvgIpc) is 3.08. The van der Waals surface area contributed by atoms with Gasteiger partial charge in [-0.1, -0.05) is 73.2 Å². The molecule has 5 nitrogen and oxygen atoms in total. The summed E-state index contributed by atoms with van der Waals surface area (Å²) < 4.78 is 0. The van der Waals surface area contributed by atoms with E-state index < -0.39 is 0 Å². The van der Waals surface area contributed by atoms with Crippen LogP contribution in [0.2, 0.25) is 5.02 Å². The molecular formula is C21H23ClN4OS. The molecule has 1 atom stereocenters. The highest BCUT2D eigenvalue weighted by atomic mass is 35.5. The number of carbonyl (C=O) groups is 1. The van der Waals surface area contributed by atoms with Gasteiger partial charge < -0.3 is 0 Å². The standard InChI is InChI=1S/C21H23ClN4OS/c1-13(2)17-6-4-5-7-18(17)20(15-8-10-16(22)11-9-15)23-12-19(27)24-21-26-25-14(3)28-21/h4-11,13,20,23H,12H2,1-3H3,(H,24,26,27). The summed E-state index contributed by atoms with van der Waals surface area (Å²) >= 11 is 7.42. The van der Waals surface area contributed by atoms with Crippen molar-refractivity contribution in [2.45, 2.75) is 32.7 Å². The van der Waals surface area contributed by atoms with E-state index in [-0.39, 0.29) is 18.5 Å². The highest BCUT2D eigenvalue weighted by Gasteiger charge is 2.19. The number of rotatable bonds is 7. The summed E-state index contributed by atoms with van der Waals surface area (Å²) in [5.74, 6) is 0.211. The molecule has 0 spiro atoms. The van der Waals surface area contributed by atoms with Crippen LogP contribution in [0.4, 0.5) is 5.13 Å². The number of aryl methyl sites for hydroxylation is 1. The van der Waals surface area contributed by atoms with Gasteiger partial charge in [-0.15, -0.1) is 10.2 Å². The molecule has 7 heteroatoms. The van der Waals surface area contributed by atoms with Crippen LogP contribution in [0.3, 0.4) is 0 Å². The topological polar surface area (TPSA) is 66.9 Å². The number of halogens is 1. The Morgan fingerprint density at radius 2 is 1.75 bits per heavy atom. The smallest absolute Gasteiger partial charge is 0.240 e. The first-order chi connectivity index (χ1) is 13.4. The Morgan fingerprint density at radius 3 is 2.36 bits per heavy atom. The van der Waals surface area contributed by atoms with Crippen molar-refractivity contribution in [3.05, 3.63) is 75.3 Å². The van der Waals surface area contributed by atoms with Crippen molar-refractivity contribution in [1.82, 2.24) is 15.5 Å². The van der Waals surface area contributed by atoms with Crippen molar-refractivity contribution < 1.29 is 4.79 Å². The molecule has 3 aromatic rings. The second-order valence-corrected chi connectivity index (χ2v) is 8.44. The maximum Gasteiger partial charge on any atom is 0.240 e. The summed E-state index contributed by atoms with van der Waals surface area (Å²) in [5.41, 5.74) is 3.45. The molecule has 1 heterocycles. The molecule has 0 saturated carbocycles. The number of anilines is 1. The van der Waals surface area contributed by atoms with Crippen LogP contribution in [0.1, 0.15) is 47.5 Å². The Labute approximate surface area is 174 Å². The van der Waals surface area contributed by atoms with E-state index >= 15 is 0 Å². The molecule has 0 aliphatic carbocycles. The zero-order valence-corrected chi connectivity index (χ0v) is 17.6. The maximum atomic E-state index is 12.4. The minimum Gasteiger partial charge on any atom is -0.299 e. The van der Waals surface area contributed by atoms with Gasteiger partial charge in [-0.3, -0.25) is 15.4 Å². The van der Waals surface area contributed by atoms with E-state index in [0.717, 1.165) is 16.1 Å². The average molecular weight is 415 g/mol. The molecule has 0 saturated heterocycles. The molecule has 3 rings (SSSR count). The van der Waals surface area contributed by atoms with Crippen LogP contribution in [-0.4, -0.2) is 22.6 Å². The lowest BCUT2D eigenvalue weighted by Crippen LogP contribution is -2.32. The lowest BCUT2D eigenvalue weighted by molar-refractivity contribution is -0.115. The molecule has 2 aromatic carbocycles. The largest absolute Gasteiger partial charge is 0.299 e. The quantitative estimate of drug-likeness (QED) is 0.574. The van der Waals surface area contributed by atoms with Crippen LogP contribution in [0.5, 0.6) is 0 Å². The predicted molar refractivity (Wildman–Crippen MR) is 115 cm³/mol. The minimum atomic E-state index is -0.155. The molecule has 146 valence electrons. The van der Waals surface area contributed by atoms with Gasteiger partial charge in [-0.25, -0.2) is 0 Å². The third kappa shape index (κ3) is 5.16. The molecule has 0 bridgehead atoms. The molecule has 28 heavy (non-hydrogen) atoms. The van der Waals surface area contributed by atoms with Crippen molar-refractivity contribution in [3.8, 4) is 0 Å². The lowest BCUT2D eigenvalue weighted by atomic mass is 9.89. The van der Waals surface area contributed by atoms with Gasteiger partial charge in [0.25, 0.3) is 0 Å². The molecule has 0 aliphatic heterocycles. The van der Waals surface area contributed by atoms with Crippen molar-refractivity contribution in [3.63, 3.8) is 0 Å². The van der Waals surface area contributed by atoms with E-state index in [0.29, 0.717) is 16.1 Å². The van der Waals surface area contributed by atoms with E-state index in [1.807, 2.05) is 43.3 Å². The van der Waals surface area contributed by atoms with E-state index in [4.69, 9.17) is 11.6 Å². The van der Waals surface area contributed by atoms with Crippen LogP contribution in [0.15, 0.2) is 48.5 Å². The van der Waals surface area contributed by atoms with E-state index in [2.05, 4.69) is 46.8 Å². The number of benzene rings is 2. The van der Waals surface area contributed by atoms with Crippen LogP contribution >= 0.6 is 22.9 Å². The first kappa shape index (κ1) is 20.5. The third-order valence-electron chi connectivity index (χ3n) is 4.37. The zero-order valence-electron chi connectivity index (χ0n) is 16.1. The molecular weight excluding hydrogens is 392 g/mol. The predicted octanol–water partition coefficient (Wildman–Crippen LogP) is 4.94. The first-order valence-electron chi connectivity index (χ1n) is 9.11. The Bertz CT molecular complexity index is 940. The van der Waals surface area contributed by atoms with Crippen LogP contribution < -0.4 is 10.6 Å². The molecule has 0 aliphatic rings. The van der Waals surface area contributed by atoms with Crippen molar-refractivity contribution in [2.75, 3.05) is 11.9 Å². The SMILES string of the molecule is Cc1nnc(NC(=O)CNC(c2ccc(Cl)cc2)c2ccccc2C(C)C)s1. The zero-order chi connectivity index (χ0) is 20.1. The maximum absolute atomic E-state index is 12.4. The second-order valence-electron chi connectivity index (χ2n) is 6.82. The first-order valence-corrected chi connectivity index (χ1v) is 10.3. The second kappa shape index (κ2) is 9.28. The molecule has 0 radical (unpaired) electrons. The number of aromatic nitrogens is 2. The van der Waals surface area contributed by atoms with Crippen molar-refractivity contribution in [1.29, 1.82) is 0 Å². The van der Waals surface area contributed by atoms with Crippen molar-refractivity contribution >= 4 is 34.0 Å². The van der Waals surface area contributed by atoms with Gasteiger partial charge in [0, 0.05) is 5.02 Å². The number of nitrogens with one attached hydrogen (secondary N) is 2. The fourth-order valence-electron chi connectivity index (χ4n) is 3.07. The Morgan fingerprint density at radius 1 is 1.07 bits per heavy atom. The fraction of sp³-hybridized carbons (Fsp3) is 0.286. The van der Waals surface area contributed by atoms with Gasteiger partial charge >= 0.3 is 0 Å². The summed E-state index contributed by atoms with van der Waals surface area (Å²) in [6.07, 6.45) is 0. The number of nitrogens with zero attached hydrogens (tertiary/aromatic N) is 2. The van der Waals surface area contributed by atoms with Crippen LogP contribution in [-0.2, 0) is 4.79 Å². The van der Waals surface area contributed by atoms with Gasteiger partial charge in [0.1, 0.15) is 5.01 Å². The van der Waals surface area contributed by atoms with E-state index in [9.17, 15) is 4.79 Å². The third-order valence-corrected chi connectivity index (χ3v) is 5.38.